The van der Waals surface area contributed by atoms with E-state index in [0.29, 0.717) is 31.5 Å². The van der Waals surface area contributed by atoms with Crippen LogP contribution >= 0.6 is 24.0 Å². The lowest BCUT2D eigenvalue weighted by Crippen LogP contribution is -2.39. The van der Waals surface area contributed by atoms with Gasteiger partial charge in [-0.1, -0.05) is 13.8 Å². The van der Waals surface area contributed by atoms with Crippen LogP contribution in [-0.4, -0.2) is 37.2 Å². The van der Waals surface area contributed by atoms with Gasteiger partial charge in [0.15, 0.2) is 5.96 Å². The number of aromatic nitrogens is 1. The molecule has 0 amide bonds. The first-order valence-corrected chi connectivity index (χ1v) is 7.51. The van der Waals surface area contributed by atoms with Gasteiger partial charge in [-0.15, -0.1) is 24.0 Å². The smallest absolute Gasteiger partial charge is 0.421 e. The van der Waals surface area contributed by atoms with Gasteiger partial charge in [-0.05, 0) is 25.0 Å². The maximum atomic E-state index is 12.8. The van der Waals surface area contributed by atoms with Crippen LogP contribution in [0.25, 0.3) is 0 Å². The summed E-state index contributed by atoms with van der Waals surface area (Å²) in [6.45, 7) is 7.76. The van der Waals surface area contributed by atoms with Crippen molar-refractivity contribution >= 4 is 29.9 Å². The molecule has 24 heavy (non-hydrogen) atoms. The standard InChI is InChI=1S/C15H23F3N4O.HI/c1-4-19-14(22-10-11(2)3)21-8-9-23-13-12(15(16,17)18)6-5-7-20-13;/h5-7,11H,4,8-10H2,1-3H3,(H2,19,21,22);1H. The number of rotatable bonds is 7. The van der Waals surface area contributed by atoms with E-state index in [2.05, 4.69) is 34.5 Å². The molecule has 0 saturated heterocycles. The molecule has 2 N–H and O–H groups in total. The Morgan fingerprint density at radius 3 is 2.62 bits per heavy atom. The zero-order chi connectivity index (χ0) is 17.3. The van der Waals surface area contributed by atoms with E-state index in [0.717, 1.165) is 6.07 Å². The molecule has 0 radical (unpaired) electrons. The number of halogens is 4. The van der Waals surface area contributed by atoms with Gasteiger partial charge in [-0.25, -0.2) is 4.98 Å². The summed E-state index contributed by atoms with van der Waals surface area (Å²) in [4.78, 5) is 8.00. The van der Waals surface area contributed by atoms with Gasteiger partial charge in [0.25, 0.3) is 0 Å². The van der Waals surface area contributed by atoms with Gasteiger partial charge in [0, 0.05) is 19.3 Å². The van der Waals surface area contributed by atoms with E-state index in [-0.39, 0.29) is 30.6 Å². The van der Waals surface area contributed by atoms with Crippen molar-refractivity contribution in [3.63, 3.8) is 0 Å². The van der Waals surface area contributed by atoms with Crippen LogP contribution in [-0.2, 0) is 6.18 Å². The average Bonchev–Trinajstić information content (AvgIpc) is 2.48. The van der Waals surface area contributed by atoms with E-state index in [1.807, 2.05) is 6.92 Å². The second-order valence-electron chi connectivity index (χ2n) is 5.24. The molecule has 0 aliphatic carbocycles. The van der Waals surface area contributed by atoms with Crippen molar-refractivity contribution in [1.29, 1.82) is 0 Å². The monoisotopic (exact) mass is 460 g/mol. The van der Waals surface area contributed by atoms with Gasteiger partial charge in [-0.3, -0.25) is 4.99 Å². The van der Waals surface area contributed by atoms with Gasteiger partial charge in [-0.2, -0.15) is 13.2 Å². The van der Waals surface area contributed by atoms with E-state index in [1.54, 1.807) is 0 Å². The molecular weight excluding hydrogens is 436 g/mol. The molecule has 0 saturated carbocycles. The maximum absolute atomic E-state index is 12.8. The van der Waals surface area contributed by atoms with Gasteiger partial charge >= 0.3 is 6.18 Å². The average molecular weight is 460 g/mol. The lowest BCUT2D eigenvalue weighted by molar-refractivity contribution is -0.139. The van der Waals surface area contributed by atoms with E-state index in [4.69, 9.17) is 4.74 Å². The van der Waals surface area contributed by atoms with E-state index in [1.165, 1.54) is 12.3 Å². The first-order chi connectivity index (χ1) is 10.8. The lowest BCUT2D eigenvalue weighted by atomic mass is 10.2. The van der Waals surface area contributed by atoms with Gasteiger partial charge in [0.05, 0.1) is 6.54 Å². The van der Waals surface area contributed by atoms with Crippen molar-refractivity contribution in [3.8, 4) is 5.88 Å². The Balaban J connectivity index is 0.00000529. The highest BCUT2D eigenvalue weighted by Gasteiger charge is 2.34. The van der Waals surface area contributed by atoms with Crippen LogP contribution < -0.4 is 15.4 Å². The molecule has 1 aromatic rings. The van der Waals surface area contributed by atoms with Crippen LogP contribution in [0.15, 0.2) is 23.3 Å². The second-order valence-corrected chi connectivity index (χ2v) is 5.24. The quantitative estimate of drug-likeness (QED) is 0.284. The van der Waals surface area contributed by atoms with Crippen molar-refractivity contribution in [3.05, 3.63) is 23.9 Å². The molecule has 0 aromatic carbocycles. The molecule has 0 aliphatic rings. The fourth-order valence-corrected chi connectivity index (χ4v) is 1.65. The Bertz CT molecular complexity index is 510. The number of hydrogen-bond acceptors (Lipinski definition) is 3. The third kappa shape index (κ3) is 8.55. The normalized spacial score (nSPS) is 11.9. The van der Waals surface area contributed by atoms with Gasteiger partial charge < -0.3 is 15.4 Å². The first kappa shape index (κ1) is 22.7. The molecule has 0 atom stereocenters. The highest BCUT2D eigenvalue weighted by Crippen LogP contribution is 2.34. The SMILES string of the molecule is CCNC(=NCC(C)C)NCCOc1ncccc1C(F)(F)F.I. The molecule has 5 nitrogen and oxygen atoms in total. The lowest BCUT2D eigenvalue weighted by Gasteiger charge is -2.14. The Morgan fingerprint density at radius 2 is 2.04 bits per heavy atom. The number of pyridine rings is 1. The summed E-state index contributed by atoms with van der Waals surface area (Å²) in [5.41, 5.74) is -0.875. The van der Waals surface area contributed by atoms with Gasteiger partial charge in [0.1, 0.15) is 12.2 Å². The molecule has 0 bridgehead atoms. The summed E-state index contributed by atoms with van der Waals surface area (Å²) < 4.78 is 43.5. The van der Waals surface area contributed by atoms with Crippen LogP contribution in [0.3, 0.4) is 0 Å². The van der Waals surface area contributed by atoms with Crippen molar-refractivity contribution < 1.29 is 17.9 Å². The third-order valence-corrected chi connectivity index (χ3v) is 2.67. The predicted octanol–water partition coefficient (Wildman–Crippen LogP) is 3.31. The van der Waals surface area contributed by atoms with E-state index < -0.39 is 17.6 Å². The number of ether oxygens (including phenoxy) is 1. The Morgan fingerprint density at radius 1 is 1.33 bits per heavy atom. The van der Waals surface area contributed by atoms with Crippen molar-refractivity contribution in [1.82, 2.24) is 15.6 Å². The largest absolute Gasteiger partial charge is 0.475 e. The van der Waals surface area contributed by atoms with Gasteiger partial charge in [0.2, 0.25) is 5.88 Å². The van der Waals surface area contributed by atoms with E-state index >= 15 is 0 Å². The zero-order valence-corrected chi connectivity index (χ0v) is 16.3. The molecule has 0 fully saturated rings. The minimum Gasteiger partial charge on any atom is -0.475 e. The Kier molecular flexibility index (Phi) is 10.7. The minimum atomic E-state index is -4.48. The number of alkyl halides is 3. The van der Waals surface area contributed by atoms with Crippen LogP contribution in [0.4, 0.5) is 13.2 Å². The topological polar surface area (TPSA) is 58.5 Å². The number of nitrogens with one attached hydrogen (secondary N) is 2. The predicted molar refractivity (Wildman–Crippen MR) is 99.0 cm³/mol. The number of guanidine groups is 1. The van der Waals surface area contributed by atoms with Crippen LogP contribution in [0, 0.1) is 5.92 Å². The highest BCUT2D eigenvalue weighted by atomic mass is 127. The molecule has 9 heteroatoms. The molecule has 0 spiro atoms. The first-order valence-electron chi connectivity index (χ1n) is 7.51. The Labute approximate surface area is 157 Å². The summed E-state index contributed by atoms with van der Waals surface area (Å²) in [7, 11) is 0. The van der Waals surface area contributed by atoms with Crippen molar-refractivity contribution in [2.75, 3.05) is 26.2 Å². The minimum absolute atomic E-state index is 0. The van der Waals surface area contributed by atoms with Crippen LogP contribution in [0.5, 0.6) is 5.88 Å². The number of nitrogens with zero attached hydrogens (tertiary/aromatic N) is 2. The summed E-state index contributed by atoms with van der Waals surface area (Å²) >= 11 is 0. The fourth-order valence-electron chi connectivity index (χ4n) is 1.65. The summed E-state index contributed by atoms with van der Waals surface area (Å²) in [5, 5.41) is 6.07. The molecule has 0 unspecified atom stereocenters. The van der Waals surface area contributed by atoms with Crippen LogP contribution in [0.2, 0.25) is 0 Å². The molecule has 1 aromatic heterocycles. The second kappa shape index (κ2) is 11.3. The van der Waals surface area contributed by atoms with Crippen LogP contribution in [0.1, 0.15) is 26.3 Å². The van der Waals surface area contributed by atoms with E-state index in [9.17, 15) is 13.2 Å². The Hall–Kier alpha value is -1.26. The summed E-state index contributed by atoms with van der Waals surface area (Å²) in [5.74, 6) is 0.623. The summed E-state index contributed by atoms with van der Waals surface area (Å²) in [6.07, 6.45) is -3.21. The molecule has 138 valence electrons. The summed E-state index contributed by atoms with van der Waals surface area (Å²) in [6, 6.07) is 2.18. The fraction of sp³-hybridized carbons (Fsp3) is 0.600. The maximum Gasteiger partial charge on any atom is 0.421 e. The zero-order valence-electron chi connectivity index (χ0n) is 14.0. The number of hydrogen-bond donors (Lipinski definition) is 2. The molecule has 1 heterocycles. The molecule has 1 rings (SSSR count). The van der Waals surface area contributed by atoms with Crippen molar-refractivity contribution in [2.45, 2.75) is 26.9 Å². The van der Waals surface area contributed by atoms with Crippen molar-refractivity contribution in [2.24, 2.45) is 10.9 Å². The molecular formula is C15H24F3IN4O. The molecule has 0 aliphatic heterocycles. The highest BCUT2D eigenvalue weighted by molar-refractivity contribution is 14.0. The number of aliphatic imine (C=N–C) groups is 1. The third-order valence-electron chi connectivity index (χ3n) is 2.67.